The first-order valence-electron chi connectivity index (χ1n) is 4.48. The van der Waals surface area contributed by atoms with E-state index in [-0.39, 0.29) is 0 Å². The minimum absolute atomic E-state index is 0.633. The van der Waals surface area contributed by atoms with E-state index in [1.54, 1.807) is 0 Å². The third-order valence-corrected chi connectivity index (χ3v) is 2.48. The summed E-state index contributed by atoms with van der Waals surface area (Å²) in [6.45, 7) is 5.60. The van der Waals surface area contributed by atoms with Gasteiger partial charge in [0, 0.05) is 18.6 Å². The number of hydrogen-bond acceptors (Lipinski definition) is 1. The molecule has 1 rings (SSSR count). The number of hydrogen-bond donors (Lipinski definition) is 0. The van der Waals surface area contributed by atoms with Gasteiger partial charge in [0.15, 0.2) is 0 Å². The first-order valence-corrected chi connectivity index (χ1v) is 4.48. The molecule has 11 heavy (non-hydrogen) atoms. The van der Waals surface area contributed by atoms with Crippen molar-refractivity contribution in [1.82, 2.24) is 4.90 Å². The average molecular weight is 151 g/mol. The summed E-state index contributed by atoms with van der Waals surface area (Å²) in [5, 5.41) is 0. The van der Waals surface area contributed by atoms with Gasteiger partial charge in [0.05, 0.1) is 0 Å². The first-order chi connectivity index (χ1) is 5.25. The van der Waals surface area contributed by atoms with E-state index in [4.69, 9.17) is 6.42 Å². The Bertz CT molecular complexity index is 155. The van der Waals surface area contributed by atoms with Crippen molar-refractivity contribution in [3.63, 3.8) is 0 Å². The van der Waals surface area contributed by atoms with Gasteiger partial charge in [0.25, 0.3) is 0 Å². The molecule has 0 spiro atoms. The van der Waals surface area contributed by atoms with Crippen LogP contribution in [-0.2, 0) is 0 Å². The minimum atomic E-state index is 0.633. The molecule has 1 heterocycles. The first kappa shape index (κ1) is 8.46. The summed E-state index contributed by atoms with van der Waals surface area (Å²) in [5.41, 5.74) is 0. The molecular weight excluding hydrogens is 134 g/mol. The van der Waals surface area contributed by atoms with Crippen molar-refractivity contribution in [2.75, 3.05) is 6.54 Å². The van der Waals surface area contributed by atoms with E-state index in [2.05, 4.69) is 24.8 Å². The third kappa shape index (κ3) is 1.89. The molecule has 1 atom stereocenters. The highest BCUT2D eigenvalue weighted by Crippen LogP contribution is 2.21. The summed E-state index contributed by atoms with van der Waals surface area (Å²) in [7, 11) is 0. The molecule has 0 saturated carbocycles. The van der Waals surface area contributed by atoms with Gasteiger partial charge < -0.3 is 4.90 Å². The Hall–Kier alpha value is -0.640. The molecule has 0 aliphatic carbocycles. The lowest BCUT2D eigenvalue weighted by Gasteiger charge is -2.35. The maximum absolute atomic E-state index is 5.41. The third-order valence-electron chi connectivity index (χ3n) is 2.48. The van der Waals surface area contributed by atoms with Gasteiger partial charge in [-0.3, -0.25) is 0 Å². The summed E-state index contributed by atoms with van der Waals surface area (Å²) >= 11 is 0. The predicted octanol–water partition coefficient (Wildman–Crippen LogP) is 2.09. The number of rotatable bonds is 1. The van der Waals surface area contributed by atoms with Crippen molar-refractivity contribution in [1.29, 1.82) is 0 Å². The molecule has 1 nitrogen and oxygen atoms in total. The van der Waals surface area contributed by atoms with Gasteiger partial charge in [0.2, 0.25) is 0 Å². The zero-order valence-electron chi connectivity index (χ0n) is 7.51. The van der Waals surface area contributed by atoms with Crippen LogP contribution in [0.15, 0.2) is 0 Å². The predicted molar refractivity (Wildman–Crippen MR) is 48.0 cm³/mol. The highest BCUT2D eigenvalue weighted by Gasteiger charge is 2.22. The van der Waals surface area contributed by atoms with Crippen LogP contribution < -0.4 is 0 Å². The van der Waals surface area contributed by atoms with Crippen LogP contribution in [0.3, 0.4) is 0 Å². The zero-order valence-corrected chi connectivity index (χ0v) is 7.51. The minimum Gasteiger partial charge on any atom is -0.330 e. The van der Waals surface area contributed by atoms with Crippen LogP contribution in [0.1, 0.15) is 33.1 Å². The van der Waals surface area contributed by atoms with Crippen LogP contribution in [0.2, 0.25) is 0 Å². The molecule has 0 aromatic rings. The molecule has 1 aliphatic rings. The van der Waals surface area contributed by atoms with E-state index in [1.165, 1.54) is 19.3 Å². The lowest BCUT2D eigenvalue weighted by Crippen LogP contribution is -2.39. The van der Waals surface area contributed by atoms with E-state index in [1.807, 2.05) is 0 Å². The Morgan fingerprint density at radius 3 is 2.64 bits per heavy atom. The van der Waals surface area contributed by atoms with Gasteiger partial charge in [-0.2, -0.15) is 0 Å². The topological polar surface area (TPSA) is 3.24 Å². The Morgan fingerprint density at radius 1 is 1.45 bits per heavy atom. The summed E-state index contributed by atoms with van der Waals surface area (Å²) in [6.07, 6.45) is 9.31. The number of likely N-dealkylation sites (tertiary alicyclic amines) is 1. The van der Waals surface area contributed by atoms with Gasteiger partial charge >= 0.3 is 0 Å². The Kier molecular flexibility index (Phi) is 2.82. The van der Waals surface area contributed by atoms with E-state index in [9.17, 15) is 0 Å². The fourth-order valence-corrected chi connectivity index (χ4v) is 1.81. The van der Waals surface area contributed by atoms with Crippen molar-refractivity contribution < 1.29 is 0 Å². The zero-order chi connectivity index (χ0) is 8.27. The maximum atomic E-state index is 5.41. The summed E-state index contributed by atoms with van der Waals surface area (Å²) < 4.78 is 0. The van der Waals surface area contributed by atoms with Crippen molar-refractivity contribution >= 4 is 0 Å². The van der Waals surface area contributed by atoms with Crippen LogP contribution in [0.5, 0.6) is 0 Å². The summed E-state index contributed by atoms with van der Waals surface area (Å²) in [6, 6.07) is 3.40. The lowest BCUT2D eigenvalue weighted by atomic mass is 9.93. The van der Waals surface area contributed by atoms with Crippen molar-refractivity contribution in [2.24, 2.45) is 5.92 Å². The highest BCUT2D eigenvalue weighted by molar-refractivity contribution is 4.93. The van der Waals surface area contributed by atoms with Crippen molar-refractivity contribution in [3.05, 3.63) is 0 Å². The van der Waals surface area contributed by atoms with E-state index < -0.39 is 0 Å². The fraction of sp³-hybridized carbons (Fsp3) is 0.800. The second kappa shape index (κ2) is 3.67. The van der Waals surface area contributed by atoms with Gasteiger partial charge in [-0.1, -0.05) is 20.3 Å². The largest absolute Gasteiger partial charge is 0.330 e. The molecule has 1 saturated heterocycles. The standard InChI is InChI=1S/C10H17N/c1-4-11-8-6-5-7-10(11)9(2)3/h1,9-10H,5-8H2,2-3H3. The van der Waals surface area contributed by atoms with Crippen LogP contribution in [0.25, 0.3) is 0 Å². The van der Waals surface area contributed by atoms with E-state index >= 15 is 0 Å². The quantitative estimate of drug-likeness (QED) is 0.519. The van der Waals surface area contributed by atoms with Gasteiger partial charge in [-0.25, -0.2) is 0 Å². The molecule has 62 valence electrons. The van der Waals surface area contributed by atoms with E-state index in [0.717, 1.165) is 6.54 Å². The molecule has 0 radical (unpaired) electrons. The lowest BCUT2D eigenvalue weighted by molar-refractivity contribution is 0.180. The molecule has 1 fully saturated rings. The van der Waals surface area contributed by atoms with Gasteiger partial charge in [-0.15, -0.1) is 0 Å². The monoisotopic (exact) mass is 151 g/mol. The van der Waals surface area contributed by atoms with Crippen molar-refractivity contribution in [2.45, 2.75) is 39.2 Å². The molecule has 1 heteroatoms. The summed E-state index contributed by atoms with van der Waals surface area (Å²) in [5.74, 6) is 0.700. The number of nitrogens with zero attached hydrogens (tertiary/aromatic N) is 1. The normalized spacial score (nSPS) is 25.3. The Labute approximate surface area is 69.8 Å². The second-order valence-electron chi connectivity index (χ2n) is 3.63. The second-order valence-corrected chi connectivity index (χ2v) is 3.63. The van der Waals surface area contributed by atoms with Crippen LogP contribution in [-0.4, -0.2) is 17.5 Å². The van der Waals surface area contributed by atoms with Crippen LogP contribution in [0.4, 0.5) is 0 Å². The molecule has 0 aromatic carbocycles. The summed E-state index contributed by atoms with van der Waals surface area (Å²) in [4.78, 5) is 2.16. The molecule has 0 aromatic heterocycles. The van der Waals surface area contributed by atoms with Crippen LogP contribution >= 0.6 is 0 Å². The van der Waals surface area contributed by atoms with Gasteiger partial charge in [0.1, 0.15) is 0 Å². The Morgan fingerprint density at radius 2 is 2.18 bits per heavy atom. The smallest absolute Gasteiger partial charge is 0.0394 e. The SMILES string of the molecule is C#CN1CCCCC1C(C)C. The molecule has 1 unspecified atom stereocenters. The fourth-order valence-electron chi connectivity index (χ4n) is 1.81. The maximum Gasteiger partial charge on any atom is 0.0394 e. The molecule has 0 N–H and O–H groups in total. The molecule has 0 amide bonds. The highest BCUT2D eigenvalue weighted by atomic mass is 15.1. The van der Waals surface area contributed by atoms with Crippen LogP contribution in [0, 0.1) is 18.4 Å². The van der Waals surface area contributed by atoms with E-state index in [0.29, 0.717) is 12.0 Å². The number of terminal acetylenes is 1. The average Bonchev–Trinajstić information content (AvgIpc) is 2.04. The number of piperidine rings is 1. The molecule has 1 aliphatic heterocycles. The molecule has 0 bridgehead atoms. The van der Waals surface area contributed by atoms with Crippen molar-refractivity contribution in [3.8, 4) is 12.5 Å². The molecular formula is C10H17N. The Balaban J connectivity index is 2.53. The van der Waals surface area contributed by atoms with Gasteiger partial charge in [-0.05, 0) is 25.2 Å².